The zero-order valence-electron chi connectivity index (χ0n) is 27.6. The normalized spacial score (nSPS) is 23.3. The summed E-state index contributed by atoms with van der Waals surface area (Å²) in [5, 5.41) is 18.0. The molecule has 0 radical (unpaired) electrons. The lowest BCUT2D eigenvalue weighted by molar-refractivity contribution is -0.161. The molecule has 2 heterocycles. The van der Waals surface area contributed by atoms with E-state index in [2.05, 4.69) is 27.9 Å². The minimum atomic E-state index is -1.86. The summed E-state index contributed by atoms with van der Waals surface area (Å²) in [6.07, 6.45) is 6.94. The molecule has 1 aromatic heterocycles. The van der Waals surface area contributed by atoms with Gasteiger partial charge in [-0.15, -0.1) is 0 Å². The summed E-state index contributed by atoms with van der Waals surface area (Å²) in [6.45, 7) is 4.71. The molecule has 3 amide bonds. The molecule has 6 unspecified atom stereocenters. The largest absolute Gasteiger partial charge is 0.469 e. The van der Waals surface area contributed by atoms with Crippen molar-refractivity contribution < 1.29 is 43.3 Å². The molecule has 13 heteroatoms. The van der Waals surface area contributed by atoms with Crippen LogP contribution in [0.4, 0.5) is 0 Å². The number of rotatable bonds is 14. The van der Waals surface area contributed by atoms with Crippen molar-refractivity contribution in [1.82, 2.24) is 20.9 Å². The number of esters is 2. The zero-order chi connectivity index (χ0) is 34.5. The van der Waals surface area contributed by atoms with Gasteiger partial charge in [-0.05, 0) is 24.8 Å². The predicted octanol–water partition coefficient (Wildman–Crippen LogP) is 2.70. The van der Waals surface area contributed by atoms with Crippen molar-refractivity contribution in [3.8, 4) is 0 Å². The number of para-hydroxylation sites is 1. The molecule has 0 aliphatic carbocycles. The van der Waals surface area contributed by atoms with Gasteiger partial charge in [-0.3, -0.25) is 24.0 Å². The summed E-state index contributed by atoms with van der Waals surface area (Å²) < 4.78 is 10.5. The van der Waals surface area contributed by atoms with E-state index < -0.39 is 72.2 Å². The van der Waals surface area contributed by atoms with Gasteiger partial charge in [-0.1, -0.05) is 77.5 Å². The molecule has 1 fully saturated rings. The van der Waals surface area contributed by atoms with E-state index in [4.69, 9.17) is 9.47 Å². The van der Waals surface area contributed by atoms with Gasteiger partial charge in [0.25, 0.3) is 5.91 Å². The average Bonchev–Trinajstić information content (AvgIpc) is 3.50. The van der Waals surface area contributed by atoms with Crippen LogP contribution in [0.1, 0.15) is 88.9 Å². The summed E-state index contributed by atoms with van der Waals surface area (Å²) in [7, 11) is 1.19. The van der Waals surface area contributed by atoms with E-state index in [9.17, 15) is 33.9 Å². The highest BCUT2D eigenvalue weighted by atomic mass is 16.5. The van der Waals surface area contributed by atoms with Crippen molar-refractivity contribution in [3.05, 3.63) is 36.0 Å². The molecule has 13 nitrogen and oxygen atoms in total. The van der Waals surface area contributed by atoms with Crippen molar-refractivity contribution in [2.75, 3.05) is 13.7 Å². The number of aromatic nitrogens is 1. The molecule has 3 rings (SSSR count). The van der Waals surface area contributed by atoms with E-state index in [1.165, 1.54) is 13.3 Å². The number of amides is 3. The molecule has 1 aromatic carbocycles. The van der Waals surface area contributed by atoms with Crippen molar-refractivity contribution >= 4 is 46.3 Å². The number of aromatic amines is 1. The Morgan fingerprint density at radius 2 is 1.62 bits per heavy atom. The second-order valence-corrected chi connectivity index (χ2v) is 12.2. The van der Waals surface area contributed by atoms with Crippen LogP contribution >= 0.6 is 0 Å². The van der Waals surface area contributed by atoms with E-state index in [0.717, 1.165) is 38.5 Å². The maximum absolute atomic E-state index is 13.8. The molecule has 1 aliphatic rings. The average molecular weight is 657 g/mol. The Morgan fingerprint density at radius 1 is 0.936 bits per heavy atom. The van der Waals surface area contributed by atoms with Gasteiger partial charge >= 0.3 is 11.9 Å². The number of ketones is 1. The SMILES string of the molecule is CCCCCCCCC(C)C1OC(=O)C(CO)NC(=O)C(C(=O)c2c[nH]c3ccccc23)NC(=O)C(CCC(=O)OC)NC(=O)C1C. The quantitative estimate of drug-likeness (QED) is 0.0880. The minimum Gasteiger partial charge on any atom is -0.469 e. The summed E-state index contributed by atoms with van der Waals surface area (Å²) in [6, 6.07) is 2.09. The van der Waals surface area contributed by atoms with Gasteiger partial charge in [-0.25, -0.2) is 4.79 Å². The Morgan fingerprint density at radius 3 is 2.32 bits per heavy atom. The number of aliphatic hydroxyl groups is 1. The number of H-pyrrole nitrogens is 1. The van der Waals surface area contributed by atoms with Crippen LogP contribution in [0.15, 0.2) is 30.5 Å². The molecular formula is C34H48N4O9. The number of unbranched alkanes of at least 4 members (excludes halogenated alkanes) is 5. The van der Waals surface area contributed by atoms with Crippen LogP contribution in [-0.4, -0.2) is 83.5 Å². The molecule has 258 valence electrons. The highest BCUT2D eigenvalue weighted by Crippen LogP contribution is 2.25. The molecule has 1 aliphatic heterocycles. The second-order valence-electron chi connectivity index (χ2n) is 12.2. The lowest BCUT2D eigenvalue weighted by Gasteiger charge is -2.31. The fourth-order valence-electron chi connectivity index (χ4n) is 5.78. The van der Waals surface area contributed by atoms with Crippen LogP contribution in [0, 0.1) is 11.8 Å². The lowest BCUT2D eigenvalue weighted by Crippen LogP contribution is -2.58. The number of carbonyl (C=O) groups is 6. The first-order chi connectivity index (χ1) is 22.5. The number of hydrogen-bond acceptors (Lipinski definition) is 9. The molecule has 5 N–H and O–H groups in total. The molecule has 0 spiro atoms. The zero-order valence-corrected chi connectivity index (χ0v) is 27.6. The van der Waals surface area contributed by atoms with Crippen LogP contribution in [0.25, 0.3) is 10.9 Å². The number of nitrogens with one attached hydrogen (secondary N) is 4. The summed E-state index contributed by atoms with van der Waals surface area (Å²) in [5.74, 6) is -6.22. The maximum atomic E-state index is 13.8. The molecular weight excluding hydrogens is 608 g/mol. The fourth-order valence-corrected chi connectivity index (χ4v) is 5.78. The number of carbonyl (C=O) groups excluding carboxylic acids is 6. The van der Waals surface area contributed by atoms with Gasteiger partial charge in [0.15, 0.2) is 17.9 Å². The van der Waals surface area contributed by atoms with Crippen molar-refractivity contribution in [2.45, 2.75) is 103 Å². The van der Waals surface area contributed by atoms with Gasteiger partial charge in [0, 0.05) is 29.1 Å². The van der Waals surface area contributed by atoms with Gasteiger partial charge in [0.1, 0.15) is 12.1 Å². The highest BCUT2D eigenvalue weighted by molar-refractivity contribution is 6.20. The number of aliphatic hydroxyl groups excluding tert-OH is 1. The van der Waals surface area contributed by atoms with E-state index in [1.54, 1.807) is 31.2 Å². The summed E-state index contributed by atoms with van der Waals surface area (Å²) in [4.78, 5) is 83.1. The van der Waals surface area contributed by atoms with E-state index in [1.807, 2.05) is 6.92 Å². The van der Waals surface area contributed by atoms with Crippen LogP contribution in [-0.2, 0) is 33.4 Å². The summed E-state index contributed by atoms with van der Waals surface area (Å²) >= 11 is 0. The van der Waals surface area contributed by atoms with Crippen molar-refractivity contribution in [2.24, 2.45) is 11.8 Å². The molecule has 0 bridgehead atoms. The standard InChI is InChI=1S/C34H48N4O9/c1-5-6-7-8-9-10-13-20(2)30-21(3)31(42)36-25(16-17-27(40)46-4)32(43)38-28(33(44)37-26(19-39)34(45)47-30)29(41)23-18-35-24-15-12-11-14-22(23)24/h11-12,14-15,18,20-21,25-26,28,30,35,39H,5-10,13,16-17,19H2,1-4H3,(H,36,42)(H,37,44)(H,38,43). The minimum absolute atomic E-state index is 0.0980. The third kappa shape index (κ3) is 10.1. The van der Waals surface area contributed by atoms with Gasteiger partial charge < -0.3 is 35.5 Å². The number of cyclic esters (lactones) is 1. The molecule has 1 saturated heterocycles. The van der Waals surface area contributed by atoms with Crippen molar-refractivity contribution in [3.63, 3.8) is 0 Å². The Balaban J connectivity index is 1.96. The van der Waals surface area contributed by atoms with Crippen LogP contribution < -0.4 is 16.0 Å². The van der Waals surface area contributed by atoms with Crippen LogP contribution in [0.2, 0.25) is 0 Å². The third-order valence-electron chi connectivity index (χ3n) is 8.68. The monoisotopic (exact) mass is 656 g/mol. The number of Topliss-reactive ketones (excluding diaryl/α,β-unsaturated/α-hetero) is 1. The maximum Gasteiger partial charge on any atom is 0.331 e. The van der Waals surface area contributed by atoms with E-state index in [0.29, 0.717) is 17.3 Å². The first-order valence-corrected chi connectivity index (χ1v) is 16.4. The number of fused-ring (bicyclic) bond motifs is 1. The number of benzene rings is 1. The predicted molar refractivity (Wildman–Crippen MR) is 173 cm³/mol. The second kappa shape index (κ2) is 18.2. The topological polar surface area (TPSA) is 193 Å². The Kier molecular flexibility index (Phi) is 14.4. The molecule has 0 saturated carbocycles. The Bertz CT molecular complexity index is 1410. The molecule has 47 heavy (non-hydrogen) atoms. The van der Waals surface area contributed by atoms with Crippen LogP contribution in [0.5, 0.6) is 0 Å². The van der Waals surface area contributed by atoms with E-state index in [-0.39, 0.29) is 24.3 Å². The Labute approximate surface area is 274 Å². The fraction of sp³-hybridized carbons (Fsp3) is 0.588. The first-order valence-electron chi connectivity index (χ1n) is 16.4. The Hall–Kier alpha value is -4.26. The number of hydrogen-bond donors (Lipinski definition) is 5. The number of ether oxygens (including phenoxy) is 2. The highest BCUT2D eigenvalue weighted by Gasteiger charge is 2.40. The molecule has 6 atom stereocenters. The van der Waals surface area contributed by atoms with Crippen molar-refractivity contribution in [1.29, 1.82) is 0 Å². The van der Waals surface area contributed by atoms with Gasteiger partial charge in [0.2, 0.25) is 11.8 Å². The van der Waals surface area contributed by atoms with Gasteiger partial charge in [-0.2, -0.15) is 0 Å². The number of methoxy groups -OCH3 is 1. The van der Waals surface area contributed by atoms with Gasteiger partial charge in [0.05, 0.1) is 19.6 Å². The third-order valence-corrected chi connectivity index (χ3v) is 8.68. The lowest BCUT2D eigenvalue weighted by atomic mass is 9.88. The first kappa shape index (κ1) is 37.2. The summed E-state index contributed by atoms with van der Waals surface area (Å²) in [5.41, 5.74) is 0.711. The van der Waals surface area contributed by atoms with Crippen LogP contribution in [0.3, 0.4) is 0 Å². The van der Waals surface area contributed by atoms with E-state index >= 15 is 0 Å². The molecule has 2 aromatic rings. The smallest absolute Gasteiger partial charge is 0.331 e.